The minimum Gasteiger partial charge on any atom is -0.393 e. The second-order valence-corrected chi connectivity index (χ2v) is 10.7. The van der Waals surface area contributed by atoms with Gasteiger partial charge in [-0.3, -0.25) is 0 Å². The van der Waals surface area contributed by atoms with Gasteiger partial charge in [-0.25, -0.2) is 0 Å². The van der Waals surface area contributed by atoms with E-state index in [1.807, 2.05) is 0 Å². The monoisotopic (exact) mass is 412 g/mol. The highest BCUT2D eigenvalue weighted by Crippen LogP contribution is 2.59. The standard InChI is InChI=1S/C27H40O3/c1-17(6-13-25(29)20-8-9-20)23-11-12-24-19(5-4-14-27(23,24)3)7-10-21-15-22(28)16-26(30)18(21)2/h6-7,10,13,17,20,22-26,28-30H,2,4-5,8-9,11-12,14-16H2,1,3H3/b13-6+,19-7+,21-10+/t17-,22-,23-,24+,25-,26+,27+/m1/s1. The Morgan fingerprint density at radius 2 is 1.87 bits per heavy atom. The van der Waals surface area contributed by atoms with E-state index in [0.717, 1.165) is 17.6 Å². The number of allylic oxidation sites excluding steroid dienone is 4. The van der Waals surface area contributed by atoms with Gasteiger partial charge in [0.1, 0.15) is 0 Å². The Morgan fingerprint density at radius 1 is 1.10 bits per heavy atom. The van der Waals surface area contributed by atoms with Crippen LogP contribution in [0.5, 0.6) is 0 Å². The molecular weight excluding hydrogens is 372 g/mol. The molecule has 3 N–H and O–H groups in total. The summed E-state index contributed by atoms with van der Waals surface area (Å²) >= 11 is 0. The Hall–Kier alpha value is -1.16. The SMILES string of the molecule is C=C1/C(=C/C=C2\CCC[C@@]3(C)[C@@H]([C@H](C)/C=C/[C@@H](O)C4CC4)CC[C@@H]23)C[C@@H](O)C[C@@H]1O. The molecule has 30 heavy (non-hydrogen) atoms. The molecular formula is C27H40O3. The second kappa shape index (κ2) is 8.76. The van der Waals surface area contributed by atoms with E-state index in [1.165, 1.54) is 44.1 Å². The first-order valence-corrected chi connectivity index (χ1v) is 12.1. The lowest BCUT2D eigenvalue weighted by molar-refractivity contribution is 0.0862. The van der Waals surface area contributed by atoms with E-state index in [9.17, 15) is 15.3 Å². The lowest BCUT2D eigenvalue weighted by Gasteiger charge is -2.44. The molecule has 0 heterocycles. The molecule has 166 valence electrons. The largest absolute Gasteiger partial charge is 0.393 e. The lowest BCUT2D eigenvalue weighted by atomic mass is 9.61. The number of aliphatic hydroxyl groups excluding tert-OH is 3. The Bertz CT molecular complexity index is 743. The van der Waals surface area contributed by atoms with Crippen LogP contribution in [0.25, 0.3) is 0 Å². The third-order valence-corrected chi connectivity index (χ3v) is 8.65. The Balaban J connectivity index is 1.48. The van der Waals surface area contributed by atoms with Crippen LogP contribution >= 0.6 is 0 Å². The summed E-state index contributed by atoms with van der Waals surface area (Å²) in [6.07, 6.45) is 16.9. The molecule has 0 saturated heterocycles. The molecule has 0 aliphatic heterocycles. The van der Waals surface area contributed by atoms with Crippen molar-refractivity contribution >= 4 is 0 Å². The third kappa shape index (κ3) is 4.40. The Labute approximate surface area is 182 Å². The molecule has 4 fully saturated rings. The summed E-state index contributed by atoms with van der Waals surface area (Å²) in [4.78, 5) is 0. The van der Waals surface area contributed by atoms with Gasteiger partial charge >= 0.3 is 0 Å². The highest BCUT2D eigenvalue weighted by Gasteiger charge is 2.50. The van der Waals surface area contributed by atoms with E-state index in [4.69, 9.17) is 0 Å². The normalized spacial score (nSPS) is 42.1. The molecule has 0 aromatic heterocycles. The maximum atomic E-state index is 10.2. The summed E-state index contributed by atoms with van der Waals surface area (Å²) in [5, 5.41) is 30.4. The van der Waals surface area contributed by atoms with Crippen molar-refractivity contribution in [1.29, 1.82) is 0 Å². The molecule has 4 rings (SSSR count). The number of hydrogen-bond donors (Lipinski definition) is 3. The summed E-state index contributed by atoms with van der Waals surface area (Å²) in [5.41, 5.74) is 3.63. The van der Waals surface area contributed by atoms with Crippen molar-refractivity contribution in [2.45, 2.75) is 89.9 Å². The van der Waals surface area contributed by atoms with E-state index in [1.54, 1.807) is 0 Å². The highest BCUT2D eigenvalue weighted by atomic mass is 16.3. The Kier molecular flexibility index (Phi) is 6.44. The smallest absolute Gasteiger partial charge is 0.0811 e. The first-order valence-electron chi connectivity index (χ1n) is 12.1. The van der Waals surface area contributed by atoms with Gasteiger partial charge in [0, 0.05) is 6.42 Å². The second-order valence-electron chi connectivity index (χ2n) is 10.7. The van der Waals surface area contributed by atoms with Crippen LogP contribution in [0.3, 0.4) is 0 Å². The molecule has 0 bridgehead atoms. The summed E-state index contributed by atoms with van der Waals surface area (Å²) < 4.78 is 0. The number of rotatable bonds is 5. The number of hydrogen-bond acceptors (Lipinski definition) is 3. The molecule has 4 aliphatic rings. The minimum absolute atomic E-state index is 0.250. The van der Waals surface area contributed by atoms with Crippen molar-refractivity contribution in [3.8, 4) is 0 Å². The zero-order valence-corrected chi connectivity index (χ0v) is 18.8. The molecule has 0 aromatic carbocycles. The average molecular weight is 413 g/mol. The van der Waals surface area contributed by atoms with Gasteiger partial charge in [-0.15, -0.1) is 0 Å². The van der Waals surface area contributed by atoms with Crippen LogP contribution < -0.4 is 0 Å². The zero-order chi connectivity index (χ0) is 21.5. The van der Waals surface area contributed by atoms with E-state index in [2.05, 4.69) is 44.7 Å². The molecule has 0 aromatic rings. The third-order valence-electron chi connectivity index (χ3n) is 8.65. The van der Waals surface area contributed by atoms with Crippen molar-refractivity contribution in [2.75, 3.05) is 0 Å². The van der Waals surface area contributed by atoms with E-state index in [0.29, 0.717) is 41.9 Å². The van der Waals surface area contributed by atoms with Crippen LogP contribution in [0.2, 0.25) is 0 Å². The Morgan fingerprint density at radius 3 is 2.60 bits per heavy atom. The van der Waals surface area contributed by atoms with Crippen LogP contribution in [0.4, 0.5) is 0 Å². The molecule has 7 atom stereocenters. The maximum absolute atomic E-state index is 10.2. The van der Waals surface area contributed by atoms with Gasteiger partial charge in [-0.1, -0.05) is 50.3 Å². The molecule has 0 unspecified atom stereocenters. The van der Waals surface area contributed by atoms with Gasteiger partial charge in [0.05, 0.1) is 18.3 Å². The van der Waals surface area contributed by atoms with Crippen LogP contribution in [0, 0.1) is 29.1 Å². The summed E-state index contributed by atoms with van der Waals surface area (Å²) in [7, 11) is 0. The quantitative estimate of drug-likeness (QED) is 0.551. The van der Waals surface area contributed by atoms with E-state index in [-0.39, 0.29) is 6.10 Å². The van der Waals surface area contributed by atoms with Gasteiger partial charge in [-0.05, 0) is 91.6 Å². The van der Waals surface area contributed by atoms with Gasteiger partial charge < -0.3 is 15.3 Å². The van der Waals surface area contributed by atoms with E-state index >= 15 is 0 Å². The van der Waals surface area contributed by atoms with Gasteiger partial charge in [0.15, 0.2) is 0 Å². The molecule has 0 radical (unpaired) electrons. The molecule has 0 amide bonds. The number of aliphatic hydroxyl groups is 3. The van der Waals surface area contributed by atoms with Crippen molar-refractivity contribution in [1.82, 2.24) is 0 Å². The molecule has 0 spiro atoms. The summed E-state index contributed by atoms with van der Waals surface area (Å²) in [6.45, 7) is 8.88. The first-order chi connectivity index (χ1) is 14.3. The van der Waals surface area contributed by atoms with E-state index < -0.39 is 12.2 Å². The topological polar surface area (TPSA) is 60.7 Å². The fraction of sp³-hybridized carbons (Fsp3) is 0.704. The lowest BCUT2D eigenvalue weighted by Crippen LogP contribution is -2.35. The maximum Gasteiger partial charge on any atom is 0.0811 e. The van der Waals surface area contributed by atoms with Crippen LogP contribution in [-0.2, 0) is 0 Å². The molecule has 4 aliphatic carbocycles. The molecule has 3 nitrogen and oxygen atoms in total. The summed E-state index contributed by atoms with van der Waals surface area (Å²) in [5.74, 6) is 2.28. The average Bonchev–Trinajstić information content (AvgIpc) is 3.49. The number of fused-ring (bicyclic) bond motifs is 1. The van der Waals surface area contributed by atoms with Crippen LogP contribution in [0.1, 0.15) is 71.6 Å². The zero-order valence-electron chi connectivity index (χ0n) is 18.8. The van der Waals surface area contributed by atoms with Gasteiger partial charge in [0.2, 0.25) is 0 Å². The van der Waals surface area contributed by atoms with Crippen LogP contribution in [-0.4, -0.2) is 33.6 Å². The molecule has 3 heteroatoms. The first kappa shape index (κ1) is 22.0. The van der Waals surface area contributed by atoms with Crippen molar-refractivity contribution in [2.24, 2.45) is 29.1 Å². The van der Waals surface area contributed by atoms with Gasteiger partial charge in [0.25, 0.3) is 0 Å². The highest BCUT2D eigenvalue weighted by molar-refractivity contribution is 5.38. The predicted molar refractivity (Wildman–Crippen MR) is 122 cm³/mol. The minimum atomic E-state index is -0.621. The fourth-order valence-corrected chi connectivity index (χ4v) is 6.63. The summed E-state index contributed by atoms with van der Waals surface area (Å²) in [6, 6.07) is 0. The fourth-order valence-electron chi connectivity index (χ4n) is 6.63. The van der Waals surface area contributed by atoms with Crippen molar-refractivity contribution in [3.63, 3.8) is 0 Å². The van der Waals surface area contributed by atoms with Crippen LogP contribution in [0.15, 0.2) is 47.6 Å². The van der Waals surface area contributed by atoms with Crippen molar-refractivity contribution in [3.05, 3.63) is 47.6 Å². The predicted octanol–water partition coefficient (Wildman–Crippen LogP) is 5.09. The van der Waals surface area contributed by atoms with Gasteiger partial charge in [-0.2, -0.15) is 0 Å². The van der Waals surface area contributed by atoms with Crippen molar-refractivity contribution < 1.29 is 15.3 Å². The molecule has 4 saturated carbocycles.